The normalized spacial score (nSPS) is 12.2. The van der Waals surface area contributed by atoms with Gasteiger partial charge >= 0.3 is 11.9 Å². The van der Waals surface area contributed by atoms with Gasteiger partial charge < -0.3 is 19.2 Å². The summed E-state index contributed by atoms with van der Waals surface area (Å²) in [7, 11) is 0. The van der Waals surface area contributed by atoms with Crippen molar-refractivity contribution in [2.75, 3.05) is 13.2 Å². The predicted molar refractivity (Wildman–Crippen MR) is 117 cm³/mol. The molecule has 0 radical (unpaired) electrons. The average Bonchev–Trinajstić information content (AvgIpc) is 3.17. The number of hydrogen-bond donors (Lipinski definition) is 1. The monoisotopic (exact) mass is 424 g/mol. The van der Waals surface area contributed by atoms with E-state index in [-0.39, 0.29) is 19.3 Å². The molecule has 0 spiro atoms. The van der Waals surface area contributed by atoms with Crippen molar-refractivity contribution in [3.8, 4) is 5.75 Å². The fourth-order valence-electron chi connectivity index (χ4n) is 3.69. The number of carbonyl (C=O) groups excluding carboxylic acids is 2. The molecular weight excluding hydrogens is 396 g/mol. The van der Waals surface area contributed by atoms with E-state index in [0.29, 0.717) is 11.4 Å². The summed E-state index contributed by atoms with van der Waals surface area (Å²) in [5.74, 6) is -2.44. The van der Waals surface area contributed by atoms with E-state index in [9.17, 15) is 9.59 Å². The number of hydrogen-bond acceptors (Lipinski definition) is 6. The Hall–Kier alpha value is -3.35. The second kappa shape index (κ2) is 10.1. The van der Waals surface area contributed by atoms with E-state index in [1.54, 1.807) is 32.3 Å². The van der Waals surface area contributed by atoms with Crippen molar-refractivity contribution in [1.82, 2.24) is 9.97 Å². The van der Waals surface area contributed by atoms with Crippen molar-refractivity contribution >= 4 is 23.0 Å². The molecule has 0 amide bonds. The van der Waals surface area contributed by atoms with Crippen LogP contribution in [0.15, 0.2) is 48.8 Å². The number of benzene rings is 1. The Kier molecular flexibility index (Phi) is 7.28. The van der Waals surface area contributed by atoms with Crippen molar-refractivity contribution in [2.24, 2.45) is 5.92 Å². The third kappa shape index (κ3) is 4.87. The molecular formula is C24H28N2O5. The largest absolute Gasteiger partial charge is 0.490 e. The molecule has 0 aliphatic rings. The number of rotatable bonds is 9. The highest BCUT2D eigenvalue weighted by Gasteiger charge is 2.41. The van der Waals surface area contributed by atoms with Crippen LogP contribution in [-0.2, 0) is 19.1 Å². The van der Waals surface area contributed by atoms with Crippen molar-refractivity contribution in [2.45, 2.75) is 39.7 Å². The zero-order chi connectivity index (χ0) is 22.4. The van der Waals surface area contributed by atoms with E-state index in [4.69, 9.17) is 14.2 Å². The summed E-state index contributed by atoms with van der Waals surface area (Å²) in [6.07, 6.45) is 3.37. The molecule has 164 valence electrons. The van der Waals surface area contributed by atoms with Gasteiger partial charge in [0.25, 0.3) is 0 Å². The summed E-state index contributed by atoms with van der Waals surface area (Å²) in [5.41, 5.74) is 2.12. The van der Waals surface area contributed by atoms with Gasteiger partial charge in [-0.25, -0.2) is 4.98 Å². The highest BCUT2D eigenvalue weighted by molar-refractivity contribution is 5.98. The fourth-order valence-corrected chi connectivity index (χ4v) is 3.69. The fraction of sp³-hybridized carbons (Fsp3) is 0.375. The van der Waals surface area contributed by atoms with Gasteiger partial charge in [0, 0.05) is 18.3 Å². The molecule has 1 N–H and O–H groups in total. The highest BCUT2D eigenvalue weighted by atomic mass is 16.6. The van der Waals surface area contributed by atoms with Gasteiger partial charge in [0.05, 0.1) is 24.7 Å². The summed E-state index contributed by atoms with van der Waals surface area (Å²) in [6.45, 7) is 7.62. The van der Waals surface area contributed by atoms with E-state index in [1.165, 1.54) is 0 Å². The minimum atomic E-state index is -1.17. The SMILES string of the molecule is CCOC(=O)C(C(=O)OCC)C(c1ccccc1)c1c[nH]c2nccc(OC(C)C)c12. The van der Waals surface area contributed by atoms with Crippen LogP contribution in [0.3, 0.4) is 0 Å². The zero-order valence-electron chi connectivity index (χ0n) is 18.3. The predicted octanol–water partition coefficient (Wildman–Crippen LogP) is 4.22. The van der Waals surface area contributed by atoms with Crippen LogP contribution in [-0.4, -0.2) is 41.2 Å². The van der Waals surface area contributed by atoms with Gasteiger partial charge in [0.15, 0.2) is 5.92 Å². The Labute approximate surface area is 181 Å². The number of nitrogens with zero attached hydrogens (tertiary/aromatic N) is 1. The lowest BCUT2D eigenvalue weighted by Gasteiger charge is -2.25. The van der Waals surface area contributed by atoms with Gasteiger partial charge in [-0.2, -0.15) is 0 Å². The molecule has 3 rings (SSSR count). The number of fused-ring (bicyclic) bond motifs is 1. The lowest BCUT2D eigenvalue weighted by Crippen LogP contribution is -2.34. The van der Waals surface area contributed by atoms with Crippen LogP contribution in [0.25, 0.3) is 11.0 Å². The molecule has 0 aliphatic carbocycles. The maximum atomic E-state index is 13.0. The van der Waals surface area contributed by atoms with Gasteiger partial charge in [-0.1, -0.05) is 30.3 Å². The van der Waals surface area contributed by atoms with Gasteiger partial charge in [-0.3, -0.25) is 9.59 Å². The molecule has 0 saturated heterocycles. The topological polar surface area (TPSA) is 90.5 Å². The number of ether oxygens (including phenoxy) is 3. The van der Waals surface area contributed by atoms with Gasteiger partial charge in [-0.15, -0.1) is 0 Å². The van der Waals surface area contributed by atoms with Crippen LogP contribution in [0.4, 0.5) is 0 Å². The first-order chi connectivity index (χ1) is 15.0. The van der Waals surface area contributed by atoms with Crippen molar-refractivity contribution in [3.05, 3.63) is 59.9 Å². The molecule has 7 heteroatoms. The maximum Gasteiger partial charge on any atom is 0.321 e. The standard InChI is InChI=1S/C24H28N2O5/c1-5-29-23(27)21(24(28)30-6-2)19(16-10-8-7-9-11-16)17-14-26-22-20(17)18(12-13-25-22)31-15(3)4/h7-15,19,21H,5-6H2,1-4H3,(H,25,26). The molecule has 0 bridgehead atoms. The summed E-state index contributed by atoms with van der Waals surface area (Å²) < 4.78 is 16.6. The molecule has 0 saturated carbocycles. The van der Waals surface area contributed by atoms with Crippen molar-refractivity contribution in [1.29, 1.82) is 0 Å². The van der Waals surface area contributed by atoms with Crippen molar-refractivity contribution < 1.29 is 23.8 Å². The number of pyridine rings is 1. The molecule has 1 atom stereocenters. The molecule has 0 aliphatic heterocycles. The number of H-pyrrole nitrogens is 1. The lowest BCUT2D eigenvalue weighted by molar-refractivity contribution is -0.162. The first-order valence-electron chi connectivity index (χ1n) is 10.5. The molecule has 0 fully saturated rings. The molecule has 7 nitrogen and oxygen atoms in total. The third-order valence-electron chi connectivity index (χ3n) is 4.84. The van der Waals surface area contributed by atoms with Crippen LogP contribution in [0.2, 0.25) is 0 Å². The van der Waals surface area contributed by atoms with E-state index < -0.39 is 23.8 Å². The van der Waals surface area contributed by atoms with E-state index in [2.05, 4.69) is 9.97 Å². The quantitative estimate of drug-likeness (QED) is 0.408. The summed E-state index contributed by atoms with van der Waals surface area (Å²) in [6, 6.07) is 11.2. The molecule has 2 heterocycles. The number of aromatic amines is 1. The highest BCUT2D eigenvalue weighted by Crippen LogP contribution is 2.40. The minimum absolute atomic E-state index is 0.0607. The molecule has 1 unspecified atom stereocenters. The van der Waals surface area contributed by atoms with Gasteiger partial charge in [0.2, 0.25) is 0 Å². The number of esters is 2. The Morgan fingerprint density at radius 3 is 2.23 bits per heavy atom. The average molecular weight is 424 g/mol. The van der Waals surface area contributed by atoms with Crippen LogP contribution < -0.4 is 4.74 Å². The van der Waals surface area contributed by atoms with Gasteiger partial charge in [-0.05, 0) is 44.9 Å². The number of aromatic nitrogens is 2. The minimum Gasteiger partial charge on any atom is -0.490 e. The van der Waals surface area contributed by atoms with E-state index in [1.807, 2.05) is 44.2 Å². The van der Waals surface area contributed by atoms with Crippen LogP contribution in [0.5, 0.6) is 5.75 Å². The van der Waals surface area contributed by atoms with Crippen LogP contribution in [0.1, 0.15) is 44.7 Å². The Morgan fingerprint density at radius 2 is 1.65 bits per heavy atom. The second-order valence-corrected chi connectivity index (χ2v) is 7.31. The second-order valence-electron chi connectivity index (χ2n) is 7.31. The smallest absolute Gasteiger partial charge is 0.321 e. The maximum absolute atomic E-state index is 13.0. The third-order valence-corrected chi connectivity index (χ3v) is 4.84. The van der Waals surface area contributed by atoms with Crippen LogP contribution >= 0.6 is 0 Å². The van der Waals surface area contributed by atoms with E-state index >= 15 is 0 Å². The first kappa shape index (κ1) is 22.3. The number of carbonyl (C=O) groups is 2. The molecule has 1 aromatic carbocycles. The van der Waals surface area contributed by atoms with E-state index in [0.717, 1.165) is 16.5 Å². The van der Waals surface area contributed by atoms with Crippen LogP contribution in [0, 0.1) is 5.92 Å². The lowest BCUT2D eigenvalue weighted by atomic mass is 9.80. The molecule has 3 aromatic rings. The Balaban J connectivity index is 2.25. The zero-order valence-corrected chi connectivity index (χ0v) is 18.3. The van der Waals surface area contributed by atoms with Gasteiger partial charge in [0.1, 0.15) is 11.4 Å². The summed E-state index contributed by atoms with van der Waals surface area (Å²) >= 11 is 0. The molecule has 31 heavy (non-hydrogen) atoms. The Bertz CT molecular complexity index is 1010. The first-order valence-corrected chi connectivity index (χ1v) is 10.5. The summed E-state index contributed by atoms with van der Waals surface area (Å²) in [4.78, 5) is 33.5. The molecule has 2 aromatic heterocycles. The van der Waals surface area contributed by atoms with Crippen molar-refractivity contribution in [3.63, 3.8) is 0 Å². The summed E-state index contributed by atoms with van der Waals surface area (Å²) in [5, 5.41) is 0.726. The Morgan fingerprint density at radius 1 is 1.00 bits per heavy atom. The number of nitrogens with one attached hydrogen (secondary N) is 1.